The topological polar surface area (TPSA) is 52.3 Å². The summed E-state index contributed by atoms with van der Waals surface area (Å²) in [7, 11) is 3.86. The Morgan fingerprint density at radius 2 is 2.04 bits per heavy atom. The summed E-state index contributed by atoms with van der Waals surface area (Å²) in [4.78, 5) is 17.1. The molecule has 0 N–H and O–H groups in total. The van der Waals surface area contributed by atoms with Crippen LogP contribution in [-0.2, 0) is 13.6 Å². The van der Waals surface area contributed by atoms with Gasteiger partial charge in [0.05, 0.1) is 5.56 Å². The fourth-order valence-electron chi connectivity index (χ4n) is 3.21. The van der Waals surface area contributed by atoms with E-state index in [1.807, 2.05) is 17.0 Å². The number of carbonyl (C=O) groups is 1. The Morgan fingerprint density at radius 3 is 2.74 bits per heavy atom. The summed E-state index contributed by atoms with van der Waals surface area (Å²) in [6, 6.07) is 12.0. The van der Waals surface area contributed by atoms with E-state index in [4.69, 9.17) is 5.26 Å². The summed E-state index contributed by atoms with van der Waals surface area (Å²) in [6.45, 7) is 3.42. The van der Waals surface area contributed by atoms with Gasteiger partial charge in [0.15, 0.2) is 0 Å². The first-order valence-corrected chi connectivity index (χ1v) is 7.67. The van der Waals surface area contributed by atoms with Crippen molar-refractivity contribution in [1.82, 2.24) is 9.47 Å². The maximum absolute atomic E-state index is 13.0. The predicted octanol–water partition coefficient (Wildman–Crippen LogP) is 2.38. The van der Waals surface area contributed by atoms with Crippen molar-refractivity contribution < 1.29 is 4.79 Å². The van der Waals surface area contributed by atoms with E-state index in [9.17, 15) is 4.79 Å². The summed E-state index contributed by atoms with van der Waals surface area (Å²) in [5.41, 5.74) is 3.37. The van der Waals surface area contributed by atoms with Gasteiger partial charge in [0.25, 0.3) is 5.91 Å². The summed E-state index contributed by atoms with van der Waals surface area (Å²) in [6.07, 6.45) is 1.69. The van der Waals surface area contributed by atoms with Gasteiger partial charge in [0, 0.05) is 45.1 Å². The largest absolute Gasteiger partial charge is 0.372 e. The van der Waals surface area contributed by atoms with Crippen LogP contribution in [0.1, 0.15) is 28.5 Å². The zero-order valence-corrected chi connectivity index (χ0v) is 13.7. The number of aryl methyl sites for hydroxylation is 1. The van der Waals surface area contributed by atoms with E-state index in [-0.39, 0.29) is 11.9 Å². The number of aromatic nitrogens is 1. The van der Waals surface area contributed by atoms with Gasteiger partial charge in [0.1, 0.15) is 11.8 Å². The minimum absolute atomic E-state index is 0.0356. The van der Waals surface area contributed by atoms with Crippen LogP contribution in [0.15, 0.2) is 36.5 Å². The Bertz CT molecular complexity index is 787. The number of amides is 1. The molecule has 0 saturated heterocycles. The molecule has 1 aliphatic rings. The SMILES string of the molecule is C[C@@H]1CN(C)c2ccccc2CN1C(=O)c1cc(C#N)cn1C. The first-order valence-electron chi connectivity index (χ1n) is 7.67. The highest BCUT2D eigenvalue weighted by Crippen LogP contribution is 2.27. The molecule has 5 heteroatoms. The molecule has 0 unspecified atom stereocenters. The van der Waals surface area contributed by atoms with E-state index in [1.165, 1.54) is 5.69 Å². The zero-order chi connectivity index (χ0) is 16.6. The molecule has 1 aliphatic heterocycles. The molecule has 1 amide bonds. The van der Waals surface area contributed by atoms with Crippen molar-refractivity contribution in [3.63, 3.8) is 0 Å². The van der Waals surface area contributed by atoms with Crippen LogP contribution in [0, 0.1) is 11.3 Å². The van der Waals surface area contributed by atoms with Crippen molar-refractivity contribution in [2.24, 2.45) is 7.05 Å². The van der Waals surface area contributed by atoms with E-state index in [0.29, 0.717) is 17.8 Å². The first-order chi connectivity index (χ1) is 11.0. The van der Waals surface area contributed by atoms with E-state index in [1.54, 1.807) is 23.9 Å². The number of rotatable bonds is 1. The zero-order valence-electron chi connectivity index (χ0n) is 13.7. The second-order valence-electron chi connectivity index (χ2n) is 6.13. The van der Waals surface area contributed by atoms with Crippen LogP contribution < -0.4 is 4.90 Å². The number of anilines is 1. The lowest BCUT2D eigenvalue weighted by molar-refractivity contribution is 0.0677. The molecule has 118 valence electrons. The van der Waals surface area contributed by atoms with Crippen molar-refractivity contribution in [3.8, 4) is 6.07 Å². The van der Waals surface area contributed by atoms with Crippen molar-refractivity contribution in [2.75, 3.05) is 18.5 Å². The van der Waals surface area contributed by atoms with Gasteiger partial charge in [-0.05, 0) is 24.6 Å². The molecule has 0 bridgehead atoms. The monoisotopic (exact) mass is 308 g/mol. The van der Waals surface area contributed by atoms with Crippen molar-refractivity contribution in [2.45, 2.75) is 19.5 Å². The molecule has 1 atom stereocenters. The molecule has 23 heavy (non-hydrogen) atoms. The van der Waals surface area contributed by atoms with Gasteiger partial charge in [-0.15, -0.1) is 0 Å². The van der Waals surface area contributed by atoms with Gasteiger partial charge in [-0.25, -0.2) is 0 Å². The van der Waals surface area contributed by atoms with Crippen molar-refractivity contribution in [1.29, 1.82) is 5.26 Å². The lowest BCUT2D eigenvalue weighted by Gasteiger charge is -2.28. The number of benzene rings is 1. The van der Waals surface area contributed by atoms with Crippen LogP contribution >= 0.6 is 0 Å². The van der Waals surface area contributed by atoms with Crippen LogP contribution in [-0.4, -0.2) is 35.0 Å². The number of likely N-dealkylation sites (N-methyl/N-ethyl adjacent to an activating group) is 1. The normalized spacial score (nSPS) is 17.4. The molecular formula is C18H20N4O. The molecule has 0 spiro atoms. The highest BCUT2D eigenvalue weighted by molar-refractivity contribution is 5.93. The minimum atomic E-state index is -0.0356. The third-order valence-corrected chi connectivity index (χ3v) is 4.43. The summed E-state index contributed by atoms with van der Waals surface area (Å²) >= 11 is 0. The lowest BCUT2D eigenvalue weighted by atomic mass is 10.1. The third kappa shape index (κ3) is 2.68. The number of nitriles is 1. The number of nitrogens with zero attached hydrogens (tertiary/aromatic N) is 4. The predicted molar refractivity (Wildman–Crippen MR) is 89.2 cm³/mol. The van der Waals surface area contributed by atoms with Gasteiger partial charge in [-0.2, -0.15) is 5.26 Å². The molecule has 1 aromatic carbocycles. The highest BCUT2D eigenvalue weighted by atomic mass is 16.2. The van der Waals surface area contributed by atoms with Crippen LogP contribution in [0.25, 0.3) is 0 Å². The fourth-order valence-corrected chi connectivity index (χ4v) is 3.21. The maximum atomic E-state index is 13.0. The average molecular weight is 308 g/mol. The van der Waals surface area contributed by atoms with Crippen LogP contribution in [0.5, 0.6) is 0 Å². The standard InChI is InChI=1S/C18H20N4O/c1-13-10-20(2)16-7-5-4-6-15(16)12-22(13)18(23)17-8-14(9-19)11-21(17)3/h4-8,11,13H,10,12H2,1-3H3/t13-/m1/s1. The number of carbonyl (C=O) groups excluding carboxylic acids is 1. The summed E-state index contributed by atoms with van der Waals surface area (Å²) in [5, 5.41) is 9.03. The first kappa shape index (κ1) is 15.2. The van der Waals surface area contributed by atoms with Crippen LogP contribution in [0.4, 0.5) is 5.69 Å². The molecule has 2 heterocycles. The van der Waals surface area contributed by atoms with Gasteiger partial charge in [0.2, 0.25) is 0 Å². The van der Waals surface area contributed by atoms with Crippen molar-refractivity contribution >= 4 is 11.6 Å². The van der Waals surface area contributed by atoms with E-state index >= 15 is 0 Å². The number of para-hydroxylation sites is 1. The van der Waals surface area contributed by atoms with Gasteiger partial charge < -0.3 is 14.4 Å². The van der Waals surface area contributed by atoms with Gasteiger partial charge >= 0.3 is 0 Å². The van der Waals surface area contributed by atoms with E-state index in [2.05, 4.69) is 37.1 Å². The van der Waals surface area contributed by atoms with E-state index in [0.717, 1.165) is 12.1 Å². The average Bonchev–Trinajstić information content (AvgIpc) is 2.87. The molecule has 5 nitrogen and oxygen atoms in total. The van der Waals surface area contributed by atoms with Crippen LogP contribution in [0.3, 0.4) is 0 Å². The summed E-state index contributed by atoms with van der Waals surface area (Å²) < 4.78 is 1.73. The molecule has 0 saturated carbocycles. The Hall–Kier alpha value is -2.74. The molecule has 3 rings (SSSR count). The molecule has 0 radical (unpaired) electrons. The quantitative estimate of drug-likeness (QED) is 0.813. The third-order valence-electron chi connectivity index (χ3n) is 4.43. The molecule has 0 aliphatic carbocycles. The Labute approximate surface area is 136 Å². The summed E-state index contributed by atoms with van der Waals surface area (Å²) in [5.74, 6) is -0.0356. The smallest absolute Gasteiger partial charge is 0.271 e. The number of fused-ring (bicyclic) bond motifs is 1. The fraction of sp³-hybridized carbons (Fsp3) is 0.333. The number of hydrogen-bond acceptors (Lipinski definition) is 3. The molecular weight excluding hydrogens is 288 g/mol. The Morgan fingerprint density at radius 1 is 1.30 bits per heavy atom. The molecule has 1 aromatic heterocycles. The Balaban J connectivity index is 1.97. The molecule has 2 aromatic rings. The second kappa shape index (κ2) is 5.81. The maximum Gasteiger partial charge on any atom is 0.271 e. The Kier molecular flexibility index (Phi) is 3.83. The van der Waals surface area contributed by atoms with E-state index < -0.39 is 0 Å². The minimum Gasteiger partial charge on any atom is -0.372 e. The van der Waals surface area contributed by atoms with Crippen LogP contribution in [0.2, 0.25) is 0 Å². The van der Waals surface area contributed by atoms with Crippen molar-refractivity contribution in [3.05, 3.63) is 53.3 Å². The second-order valence-corrected chi connectivity index (χ2v) is 6.13. The van der Waals surface area contributed by atoms with Gasteiger partial charge in [-0.1, -0.05) is 18.2 Å². The van der Waals surface area contributed by atoms with Gasteiger partial charge in [-0.3, -0.25) is 4.79 Å². The lowest BCUT2D eigenvalue weighted by Crippen LogP contribution is -2.42. The molecule has 0 fully saturated rings. The number of hydrogen-bond donors (Lipinski definition) is 0. The highest BCUT2D eigenvalue weighted by Gasteiger charge is 2.28.